The van der Waals surface area contributed by atoms with Crippen LogP contribution in [0, 0.1) is 5.82 Å². The third-order valence-electron chi connectivity index (χ3n) is 5.76. The van der Waals surface area contributed by atoms with Crippen molar-refractivity contribution < 1.29 is 22.8 Å². The predicted octanol–water partition coefficient (Wildman–Crippen LogP) is 6.02. The van der Waals surface area contributed by atoms with Gasteiger partial charge >= 0.3 is 0 Å². The molecule has 0 radical (unpaired) electrons. The van der Waals surface area contributed by atoms with Crippen LogP contribution in [0.3, 0.4) is 0 Å². The second-order valence-electron chi connectivity index (χ2n) is 7.92. The topological polar surface area (TPSA) is 88.9 Å². The van der Waals surface area contributed by atoms with Crippen LogP contribution in [-0.2, 0) is 13.5 Å². The molecule has 1 atom stereocenters. The number of benzene rings is 2. The number of amides is 2. The van der Waals surface area contributed by atoms with Gasteiger partial charge in [0.25, 0.3) is 11.8 Å². The maximum Gasteiger partial charge on any atom is 0.276 e. The van der Waals surface area contributed by atoms with E-state index in [-0.39, 0.29) is 59.1 Å². The Morgan fingerprint density at radius 3 is 2.69 bits per heavy atom. The molecular weight excluding hydrogens is 562 g/mol. The Bertz CT molecular complexity index is 1570. The number of aromatic nitrogens is 3. The van der Waals surface area contributed by atoms with Gasteiger partial charge in [0.1, 0.15) is 20.7 Å². The largest absolute Gasteiger partial charge is 0.341 e. The molecule has 0 bridgehead atoms. The number of rotatable bonds is 5. The van der Waals surface area contributed by atoms with Gasteiger partial charge in [-0.25, -0.2) is 13.2 Å². The molecule has 0 fully saturated rings. The van der Waals surface area contributed by atoms with Crippen LogP contribution in [0.1, 0.15) is 43.7 Å². The Labute approximate surface area is 220 Å². The zero-order valence-electron chi connectivity index (χ0n) is 18.0. The van der Waals surface area contributed by atoms with Gasteiger partial charge in [0.15, 0.2) is 5.69 Å². The summed E-state index contributed by atoms with van der Waals surface area (Å²) in [5, 5.41) is 10.1. The van der Waals surface area contributed by atoms with E-state index in [4.69, 9.17) is 34.8 Å². The van der Waals surface area contributed by atoms with Gasteiger partial charge in [0, 0.05) is 34.3 Å². The lowest BCUT2D eigenvalue weighted by Gasteiger charge is -2.18. The number of anilines is 1. The van der Waals surface area contributed by atoms with Crippen LogP contribution in [0.2, 0.25) is 14.4 Å². The van der Waals surface area contributed by atoms with Crippen LogP contribution in [-0.4, -0.2) is 32.4 Å². The van der Waals surface area contributed by atoms with Crippen LogP contribution in [0.5, 0.6) is 0 Å². The molecule has 2 amide bonds. The van der Waals surface area contributed by atoms with Crippen molar-refractivity contribution >= 4 is 74.7 Å². The third kappa shape index (κ3) is 4.09. The minimum absolute atomic E-state index is 0.0478. The van der Waals surface area contributed by atoms with Gasteiger partial charge in [-0.3, -0.25) is 14.3 Å². The molecule has 0 aliphatic carbocycles. The molecule has 186 valence electrons. The minimum Gasteiger partial charge on any atom is -0.341 e. The molecule has 2 aromatic heterocycles. The Morgan fingerprint density at radius 2 is 2.03 bits per heavy atom. The fourth-order valence-corrected chi connectivity index (χ4v) is 5.47. The first-order valence-electron chi connectivity index (χ1n) is 10.2. The highest BCUT2D eigenvalue weighted by atomic mass is 35.5. The summed E-state index contributed by atoms with van der Waals surface area (Å²) in [6.45, 7) is 0. The van der Waals surface area contributed by atoms with E-state index < -0.39 is 36.5 Å². The van der Waals surface area contributed by atoms with Gasteiger partial charge in [-0.2, -0.15) is 9.47 Å². The second-order valence-corrected chi connectivity index (χ2v) is 10.1. The Morgan fingerprint density at radius 1 is 1.28 bits per heavy atom. The molecule has 3 heterocycles. The lowest BCUT2D eigenvalue weighted by molar-refractivity contribution is 0.0960. The van der Waals surface area contributed by atoms with Crippen molar-refractivity contribution in [3.8, 4) is 0 Å². The van der Waals surface area contributed by atoms with Crippen LogP contribution < -0.4 is 10.6 Å². The molecule has 0 saturated heterocycles. The van der Waals surface area contributed by atoms with Crippen molar-refractivity contribution in [3.63, 3.8) is 0 Å². The van der Waals surface area contributed by atoms with Gasteiger partial charge in [-0.05, 0) is 35.8 Å². The van der Waals surface area contributed by atoms with Crippen molar-refractivity contribution in [2.45, 2.75) is 18.9 Å². The molecule has 2 N–H and O–H groups in total. The summed E-state index contributed by atoms with van der Waals surface area (Å²) in [5.41, 5.74) is 0.778. The van der Waals surface area contributed by atoms with Crippen LogP contribution in [0.15, 0.2) is 24.3 Å². The van der Waals surface area contributed by atoms with E-state index >= 15 is 0 Å². The number of alkyl halides is 2. The number of fused-ring (bicyclic) bond motifs is 3. The summed E-state index contributed by atoms with van der Waals surface area (Å²) < 4.78 is 46.1. The standard InChI is InChI=1S/C22H13Cl3F3N5O2S/c1-33-12(6-13(27)28)9-5-11(29-22(35)19-16(24)20(25)36-32-19)14-15(18(9)31-33)21(34)30-17(14)8-4-7(26)2-3-10(8)23/h2-5,13,17H,6H2,1H3,(H,29,35)(H,30,34). The quantitative estimate of drug-likeness (QED) is 0.305. The Hall–Kier alpha value is -2.86. The van der Waals surface area contributed by atoms with Crippen LogP contribution in [0.25, 0.3) is 10.9 Å². The molecular formula is C22H13Cl3F3N5O2S. The highest BCUT2D eigenvalue weighted by molar-refractivity contribution is 7.11. The number of nitrogens with zero attached hydrogens (tertiary/aromatic N) is 3. The number of carbonyl (C=O) groups is 2. The van der Waals surface area contributed by atoms with Crippen molar-refractivity contribution in [2.75, 3.05) is 5.32 Å². The van der Waals surface area contributed by atoms with Crippen molar-refractivity contribution in [3.05, 3.63) is 72.5 Å². The fourth-order valence-electron chi connectivity index (χ4n) is 4.24. The number of halogens is 6. The summed E-state index contributed by atoms with van der Waals surface area (Å²) in [5.74, 6) is -1.93. The highest BCUT2D eigenvalue weighted by Gasteiger charge is 2.38. The second kappa shape index (κ2) is 9.22. The molecule has 1 unspecified atom stereocenters. The van der Waals surface area contributed by atoms with Crippen molar-refractivity contribution in [1.82, 2.24) is 19.5 Å². The van der Waals surface area contributed by atoms with Crippen LogP contribution >= 0.6 is 46.3 Å². The molecule has 0 spiro atoms. The molecule has 1 aliphatic rings. The van der Waals surface area contributed by atoms with Crippen LogP contribution in [0.4, 0.5) is 18.9 Å². The molecule has 0 saturated carbocycles. The monoisotopic (exact) mass is 573 g/mol. The van der Waals surface area contributed by atoms with Crippen molar-refractivity contribution in [2.24, 2.45) is 7.05 Å². The smallest absolute Gasteiger partial charge is 0.276 e. The average Bonchev–Trinajstić information content (AvgIpc) is 3.44. The first kappa shape index (κ1) is 24.8. The third-order valence-corrected chi connectivity index (χ3v) is 7.72. The van der Waals surface area contributed by atoms with E-state index in [2.05, 4.69) is 20.1 Å². The first-order chi connectivity index (χ1) is 17.1. The zero-order chi connectivity index (χ0) is 25.9. The van der Waals surface area contributed by atoms with Gasteiger partial charge in [-0.1, -0.05) is 34.8 Å². The summed E-state index contributed by atoms with van der Waals surface area (Å²) in [6, 6.07) is 4.14. The van der Waals surface area contributed by atoms with Gasteiger partial charge in [-0.15, -0.1) is 0 Å². The molecule has 5 rings (SSSR count). The van der Waals surface area contributed by atoms with E-state index in [9.17, 15) is 22.8 Å². The zero-order valence-corrected chi connectivity index (χ0v) is 21.1. The number of aryl methyl sites for hydroxylation is 1. The van der Waals surface area contributed by atoms with Gasteiger partial charge in [0.05, 0.1) is 23.7 Å². The molecule has 36 heavy (non-hydrogen) atoms. The maximum absolute atomic E-state index is 14.1. The SMILES string of the molecule is Cn1nc2c3c(c(NC(=O)c4nsc(Cl)c4Cl)cc2c1CC(F)F)C(c1cc(F)ccc1Cl)NC3=O. The van der Waals surface area contributed by atoms with E-state index in [1.54, 1.807) is 0 Å². The molecule has 1 aliphatic heterocycles. The van der Waals surface area contributed by atoms with E-state index in [0.717, 1.165) is 17.6 Å². The lowest BCUT2D eigenvalue weighted by atomic mass is 9.94. The number of hydrogen-bond donors (Lipinski definition) is 2. The molecule has 7 nitrogen and oxygen atoms in total. The van der Waals surface area contributed by atoms with E-state index in [0.29, 0.717) is 0 Å². The predicted molar refractivity (Wildman–Crippen MR) is 131 cm³/mol. The lowest BCUT2D eigenvalue weighted by Crippen LogP contribution is -2.21. The highest BCUT2D eigenvalue weighted by Crippen LogP contribution is 2.43. The first-order valence-corrected chi connectivity index (χ1v) is 12.2. The summed E-state index contributed by atoms with van der Waals surface area (Å²) in [4.78, 5) is 26.2. The average molecular weight is 575 g/mol. The molecule has 2 aromatic carbocycles. The van der Waals surface area contributed by atoms with Gasteiger partial charge < -0.3 is 10.6 Å². The Balaban J connectivity index is 1.75. The summed E-state index contributed by atoms with van der Waals surface area (Å²) >= 11 is 19.2. The van der Waals surface area contributed by atoms with E-state index in [1.807, 2.05) is 0 Å². The number of carbonyl (C=O) groups excluding carboxylic acids is 2. The summed E-state index contributed by atoms with van der Waals surface area (Å²) in [6.07, 6.45) is -3.31. The van der Waals surface area contributed by atoms with Crippen molar-refractivity contribution in [1.29, 1.82) is 0 Å². The summed E-state index contributed by atoms with van der Waals surface area (Å²) in [7, 11) is 1.48. The maximum atomic E-state index is 14.1. The number of hydrogen-bond acceptors (Lipinski definition) is 5. The minimum atomic E-state index is -2.68. The molecule has 14 heteroatoms. The van der Waals surface area contributed by atoms with Gasteiger partial charge in [0.2, 0.25) is 6.43 Å². The fraction of sp³-hybridized carbons (Fsp3) is 0.182. The number of nitrogens with one attached hydrogen (secondary N) is 2. The van der Waals surface area contributed by atoms with E-state index in [1.165, 1.54) is 29.9 Å². The normalized spacial score (nSPS) is 15.0. The molecule has 4 aromatic rings. The Kier molecular flexibility index (Phi) is 6.36.